The first kappa shape index (κ1) is 15.0. The fraction of sp³-hybridized carbons (Fsp3) is 0.846. The van der Waals surface area contributed by atoms with Gasteiger partial charge >= 0.3 is 5.97 Å². The number of hydrogen-bond acceptors (Lipinski definition) is 3. The van der Waals surface area contributed by atoms with Crippen molar-refractivity contribution in [3.63, 3.8) is 0 Å². The van der Waals surface area contributed by atoms with Gasteiger partial charge in [0.25, 0.3) is 0 Å². The van der Waals surface area contributed by atoms with Gasteiger partial charge in [0.2, 0.25) is 5.91 Å². The van der Waals surface area contributed by atoms with Crippen molar-refractivity contribution in [3.05, 3.63) is 0 Å². The van der Waals surface area contributed by atoms with Gasteiger partial charge in [0, 0.05) is 19.8 Å². The molecular formula is C13H23NO4. The summed E-state index contributed by atoms with van der Waals surface area (Å²) in [5.74, 6) is -1.86. The van der Waals surface area contributed by atoms with Crippen LogP contribution in [0.4, 0.5) is 0 Å². The molecule has 104 valence electrons. The van der Waals surface area contributed by atoms with Gasteiger partial charge < -0.3 is 15.2 Å². The zero-order valence-electron chi connectivity index (χ0n) is 11.1. The van der Waals surface area contributed by atoms with E-state index < -0.39 is 11.9 Å². The number of nitrogens with one attached hydrogen (secondary N) is 1. The molecule has 0 bridgehead atoms. The number of carbonyl (C=O) groups is 2. The minimum atomic E-state index is -0.848. The van der Waals surface area contributed by atoms with Crippen molar-refractivity contribution >= 4 is 11.9 Å². The molecule has 0 aromatic carbocycles. The van der Waals surface area contributed by atoms with Gasteiger partial charge in [0.15, 0.2) is 0 Å². The third kappa shape index (κ3) is 4.29. The van der Waals surface area contributed by atoms with E-state index in [4.69, 9.17) is 9.84 Å². The first-order chi connectivity index (χ1) is 8.56. The molecule has 2 N–H and O–H groups in total. The lowest BCUT2D eigenvalue weighted by Crippen LogP contribution is -2.43. The molecule has 18 heavy (non-hydrogen) atoms. The molecule has 0 saturated heterocycles. The predicted octanol–water partition coefficient (Wildman–Crippen LogP) is 1.42. The molecule has 1 unspecified atom stereocenters. The number of carboxylic acid groups (broad SMARTS) is 1. The minimum Gasteiger partial charge on any atom is -0.481 e. The second-order valence-electron chi connectivity index (χ2n) is 5.03. The average Bonchev–Trinajstić information content (AvgIpc) is 2.36. The second-order valence-corrected chi connectivity index (χ2v) is 5.03. The molecule has 0 radical (unpaired) electrons. The van der Waals surface area contributed by atoms with Crippen molar-refractivity contribution in [3.8, 4) is 0 Å². The molecule has 0 aromatic rings. The van der Waals surface area contributed by atoms with Gasteiger partial charge in [0.1, 0.15) is 0 Å². The van der Waals surface area contributed by atoms with Crippen molar-refractivity contribution in [2.24, 2.45) is 11.8 Å². The Morgan fingerprint density at radius 2 is 1.94 bits per heavy atom. The summed E-state index contributed by atoms with van der Waals surface area (Å²) >= 11 is 0. The van der Waals surface area contributed by atoms with E-state index in [0.29, 0.717) is 19.4 Å². The lowest BCUT2D eigenvalue weighted by atomic mass is 9.78. The highest BCUT2D eigenvalue weighted by molar-refractivity contribution is 5.85. The highest BCUT2D eigenvalue weighted by Gasteiger charge is 2.35. The predicted molar refractivity (Wildman–Crippen MR) is 67.2 cm³/mol. The standard InChI is InChI=1S/C13H23NO4/c1-9(7-8-18-2)14-12(15)10-5-3-4-6-11(10)13(16)17/h9-11H,3-8H2,1-2H3,(H,14,15)(H,16,17)/t9?,10-,11+/m1/s1. The van der Waals surface area contributed by atoms with E-state index in [1.54, 1.807) is 7.11 Å². The van der Waals surface area contributed by atoms with E-state index in [1.165, 1.54) is 0 Å². The molecule has 1 rings (SSSR count). The fourth-order valence-corrected chi connectivity index (χ4v) is 2.46. The van der Waals surface area contributed by atoms with Gasteiger partial charge in [-0.3, -0.25) is 9.59 Å². The van der Waals surface area contributed by atoms with Gasteiger partial charge in [0.05, 0.1) is 11.8 Å². The van der Waals surface area contributed by atoms with Crippen LogP contribution in [-0.2, 0) is 14.3 Å². The Morgan fingerprint density at radius 1 is 1.33 bits per heavy atom. The van der Waals surface area contributed by atoms with Crippen molar-refractivity contribution in [1.29, 1.82) is 0 Å². The summed E-state index contributed by atoms with van der Waals surface area (Å²) in [5, 5.41) is 12.0. The van der Waals surface area contributed by atoms with Crippen LogP contribution in [0.15, 0.2) is 0 Å². The molecule has 3 atom stereocenters. The number of carbonyl (C=O) groups excluding carboxylic acids is 1. The number of hydrogen-bond donors (Lipinski definition) is 2. The van der Waals surface area contributed by atoms with Gasteiger partial charge in [-0.25, -0.2) is 0 Å². The normalized spacial score (nSPS) is 25.4. The van der Waals surface area contributed by atoms with Crippen LogP contribution in [0.25, 0.3) is 0 Å². The Balaban J connectivity index is 2.50. The number of rotatable bonds is 6. The van der Waals surface area contributed by atoms with Crippen molar-refractivity contribution < 1.29 is 19.4 Å². The maximum absolute atomic E-state index is 12.1. The molecule has 0 heterocycles. The minimum absolute atomic E-state index is 0.0221. The van der Waals surface area contributed by atoms with Crippen molar-refractivity contribution in [2.75, 3.05) is 13.7 Å². The van der Waals surface area contributed by atoms with Crippen LogP contribution in [0.2, 0.25) is 0 Å². The van der Waals surface area contributed by atoms with Crippen LogP contribution in [0, 0.1) is 11.8 Å². The fourth-order valence-electron chi connectivity index (χ4n) is 2.46. The first-order valence-corrected chi connectivity index (χ1v) is 6.58. The van der Waals surface area contributed by atoms with E-state index in [9.17, 15) is 9.59 Å². The summed E-state index contributed by atoms with van der Waals surface area (Å²) in [7, 11) is 1.62. The lowest BCUT2D eigenvalue weighted by Gasteiger charge is -2.28. The molecule has 0 aliphatic heterocycles. The topological polar surface area (TPSA) is 75.6 Å². The Hall–Kier alpha value is -1.10. The third-order valence-corrected chi connectivity index (χ3v) is 3.56. The van der Waals surface area contributed by atoms with Crippen LogP contribution in [0.5, 0.6) is 0 Å². The smallest absolute Gasteiger partial charge is 0.307 e. The summed E-state index contributed by atoms with van der Waals surface area (Å²) in [6.07, 6.45) is 3.88. The van der Waals surface area contributed by atoms with Crippen molar-refractivity contribution in [1.82, 2.24) is 5.32 Å². The summed E-state index contributed by atoms with van der Waals surface area (Å²) in [6.45, 7) is 2.50. The molecular weight excluding hydrogens is 234 g/mol. The molecule has 1 aliphatic rings. The van der Waals surface area contributed by atoms with E-state index in [-0.39, 0.29) is 17.9 Å². The Morgan fingerprint density at radius 3 is 2.50 bits per heavy atom. The molecule has 1 amide bonds. The van der Waals surface area contributed by atoms with E-state index in [1.807, 2.05) is 6.92 Å². The number of ether oxygens (including phenoxy) is 1. The molecule has 0 spiro atoms. The van der Waals surface area contributed by atoms with Crippen LogP contribution >= 0.6 is 0 Å². The Bertz CT molecular complexity index is 293. The molecule has 1 fully saturated rings. The number of carboxylic acids is 1. The van der Waals surface area contributed by atoms with Crippen molar-refractivity contribution in [2.45, 2.75) is 45.1 Å². The first-order valence-electron chi connectivity index (χ1n) is 6.58. The third-order valence-electron chi connectivity index (χ3n) is 3.56. The molecule has 1 saturated carbocycles. The quantitative estimate of drug-likeness (QED) is 0.754. The van der Waals surface area contributed by atoms with E-state index >= 15 is 0 Å². The zero-order chi connectivity index (χ0) is 13.5. The highest BCUT2D eigenvalue weighted by atomic mass is 16.5. The number of methoxy groups -OCH3 is 1. The van der Waals surface area contributed by atoms with Gasteiger partial charge in [-0.2, -0.15) is 0 Å². The number of amides is 1. The van der Waals surface area contributed by atoms with Gasteiger partial charge in [-0.1, -0.05) is 12.8 Å². The maximum atomic E-state index is 12.1. The summed E-state index contributed by atoms with van der Waals surface area (Å²) in [5.41, 5.74) is 0. The largest absolute Gasteiger partial charge is 0.481 e. The van der Waals surface area contributed by atoms with Crippen LogP contribution in [0.1, 0.15) is 39.0 Å². The zero-order valence-corrected chi connectivity index (χ0v) is 11.1. The summed E-state index contributed by atoms with van der Waals surface area (Å²) in [6, 6.07) is 0.0221. The second kappa shape index (κ2) is 7.36. The van der Waals surface area contributed by atoms with Crippen LogP contribution in [-0.4, -0.2) is 36.7 Å². The molecule has 5 heteroatoms. The molecule has 0 aromatic heterocycles. The summed E-state index contributed by atoms with van der Waals surface area (Å²) in [4.78, 5) is 23.2. The SMILES string of the molecule is COCCC(C)NC(=O)[C@@H]1CCCC[C@@H]1C(=O)O. The molecule has 1 aliphatic carbocycles. The van der Waals surface area contributed by atoms with Gasteiger partial charge in [-0.15, -0.1) is 0 Å². The maximum Gasteiger partial charge on any atom is 0.307 e. The Kier molecular flexibility index (Phi) is 6.12. The average molecular weight is 257 g/mol. The number of aliphatic carboxylic acids is 1. The van der Waals surface area contributed by atoms with Crippen LogP contribution < -0.4 is 5.32 Å². The lowest BCUT2D eigenvalue weighted by molar-refractivity contribution is -0.149. The highest BCUT2D eigenvalue weighted by Crippen LogP contribution is 2.30. The van der Waals surface area contributed by atoms with E-state index in [2.05, 4.69) is 5.32 Å². The monoisotopic (exact) mass is 257 g/mol. The Labute approximate surface area is 108 Å². The van der Waals surface area contributed by atoms with Crippen LogP contribution in [0.3, 0.4) is 0 Å². The van der Waals surface area contributed by atoms with Gasteiger partial charge in [-0.05, 0) is 26.2 Å². The van der Waals surface area contributed by atoms with E-state index in [0.717, 1.165) is 19.3 Å². The summed E-state index contributed by atoms with van der Waals surface area (Å²) < 4.78 is 4.95. The molecule has 5 nitrogen and oxygen atoms in total.